The number of aromatic nitrogens is 3. The van der Waals surface area contributed by atoms with Gasteiger partial charge < -0.3 is 0 Å². The molecule has 0 fully saturated rings. The molecule has 0 spiro atoms. The average molecular weight is 447 g/mol. The zero-order valence-corrected chi connectivity index (χ0v) is 18.2. The number of hydrogen-bond acceptors (Lipinski definition) is 4. The van der Waals surface area contributed by atoms with Crippen molar-refractivity contribution in [2.45, 2.75) is 0 Å². The summed E-state index contributed by atoms with van der Waals surface area (Å²) in [6.07, 6.45) is 10.5. The topological polar surface area (TPSA) is 51.0 Å². The third kappa shape index (κ3) is 16.0. The summed E-state index contributed by atoms with van der Waals surface area (Å²) in [7, 11) is 11.2. The Bertz CT molecular complexity index is 678. The zero-order chi connectivity index (χ0) is 20.1. The van der Waals surface area contributed by atoms with Gasteiger partial charge in [0.2, 0.25) is 0 Å². The van der Waals surface area contributed by atoms with E-state index >= 15 is 0 Å². The third-order valence-corrected chi connectivity index (χ3v) is 4.03. The molecule has 0 saturated carbocycles. The van der Waals surface area contributed by atoms with Gasteiger partial charge in [-0.1, -0.05) is 18.2 Å². The quantitative estimate of drug-likeness (QED) is 0.306. The molecular formula is C21H20Cl2N4Ti. The van der Waals surface area contributed by atoms with Crippen molar-refractivity contribution in [3.05, 3.63) is 122 Å². The first kappa shape index (κ1) is 23.8. The molecule has 0 N–H and O–H groups in total. The van der Waals surface area contributed by atoms with Gasteiger partial charge in [0.15, 0.2) is 0 Å². The minimum atomic E-state index is -2.06. The van der Waals surface area contributed by atoms with E-state index in [9.17, 15) is 0 Å². The molecule has 0 saturated heterocycles. The molecule has 0 atom stereocenters. The Morgan fingerprint density at radius 1 is 0.500 bits per heavy atom. The summed E-state index contributed by atoms with van der Waals surface area (Å²) < 4.78 is 4.06. The van der Waals surface area contributed by atoms with Gasteiger partial charge in [-0.05, 0) is 36.4 Å². The predicted octanol–water partition coefficient (Wildman–Crippen LogP) is 6.67. The summed E-state index contributed by atoms with van der Waals surface area (Å²) in [4.78, 5) is 11.4. The molecule has 0 radical (unpaired) electrons. The maximum atomic E-state index is 5.58. The van der Waals surface area contributed by atoms with E-state index in [-0.39, 0.29) is 0 Å². The van der Waals surface area contributed by atoms with Crippen LogP contribution in [0.5, 0.6) is 0 Å². The first-order valence-electron chi connectivity index (χ1n) is 8.29. The fourth-order valence-corrected chi connectivity index (χ4v) is 2.88. The standard InChI is InChI=1S/C6H5N.3C5H5N.2ClH.Ti/c7-6-4-2-1-3-5-6;3*1-2-4-6-5-3-1;;;/h1-5H;3*1-5H;2*1H;/q;;;;;;+2/p-2. The van der Waals surface area contributed by atoms with Gasteiger partial charge in [-0.2, -0.15) is 0 Å². The number of benzene rings is 1. The molecule has 0 unspecified atom stereocenters. The molecule has 0 aliphatic carbocycles. The molecule has 3 aromatic heterocycles. The van der Waals surface area contributed by atoms with Gasteiger partial charge in [-0.25, -0.2) is 0 Å². The van der Waals surface area contributed by atoms with Crippen molar-refractivity contribution < 1.29 is 15.6 Å². The molecule has 3 heterocycles. The fraction of sp³-hybridized carbons (Fsp3) is 0. The van der Waals surface area contributed by atoms with Crippen LogP contribution in [-0.2, 0) is 15.6 Å². The van der Waals surface area contributed by atoms with Gasteiger partial charge in [-0.15, -0.1) is 0 Å². The maximum Gasteiger partial charge on any atom is 0.0267 e. The Hall–Kier alpha value is -2.24. The van der Waals surface area contributed by atoms with Crippen LogP contribution in [-0.4, -0.2) is 15.0 Å². The summed E-state index contributed by atoms with van der Waals surface area (Å²) in [5, 5.41) is 0. The third-order valence-electron chi connectivity index (χ3n) is 2.67. The van der Waals surface area contributed by atoms with E-state index in [2.05, 4.69) is 18.4 Å². The number of rotatable bonds is 1. The second kappa shape index (κ2) is 18.1. The largest absolute Gasteiger partial charge is 0.265 e. The minimum absolute atomic E-state index is 0.877. The predicted molar refractivity (Wildman–Crippen MR) is 113 cm³/mol. The number of pyridine rings is 3. The van der Waals surface area contributed by atoms with Crippen LogP contribution >= 0.6 is 18.6 Å². The van der Waals surface area contributed by atoms with Crippen LogP contribution in [0.3, 0.4) is 0 Å². The summed E-state index contributed by atoms with van der Waals surface area (Å²) in [5.41, 5.74) is 0.877. The molecule has 0 bridgehead atoms. The van der Waals surface area contributed by atoms with Crippen LogP contribution in [0, 0.1) is 0 Å². The van der Waals surface area contributed by atoms with E-state index in [4.69, 9.17) is 18.6 Å². The Labute approximate surface area is 179 Å². The van der Waals surface area contributed by atoms with Crippen molar-refractivity contribution in [3.8, 4) is 0 Å². The molecule has 0 aliphatic heterocycles. The van der Waals surface area contributed by atoms with Crippen LogP contribution in [0.1, 0.15) is 0 Å². The van der Waals surface area contributed by atoms with Crippen molar-refractivity contribution >= 4 is 24.3 Å². The number of hydrogen-bond donors (Lipinski definition) is 0. The summed E-state index contributed by atoms with van der Waals surface area (Å²) in [6.45, 7) is 0. The monoisotopic (exact) mass is 446 g/mol. The van der Waals surface area contributed by atoms with Crippen molar-refractivity contribution in [3.63, 3.8) is 0 Å². The van der Waals surface area contributed by atoms with Gasteiger partial charge >= 0.3 is 73.6 Å². The number of nitrogens with zero attached hydrogens (tertiary/aromatic N) is 4. The Morgan fingerprint density at radius 2 is 0.821 bits per heavy atom. The summed E-state index contributed by atoms with van der Waals surface area (Å²) in [5.74, 6) is 0. The van der Waals surface area contributed by atoms with Crippen molar-refractivity contribution in [1.82, 2.24) is 15.0 Å². The van der Waals surface area contributed by atoms with Gasteiger partial charge in [0.1, 0.15) is 0 Å². The first-order chi connectivity index (χ1) is 13.8. The van der Waals surface area contributed by atoms with Crippen molar-refractivity contribution in [2.75, 3.05) is 0 Å². The Kier molecular flexibility index (Phi) is 15.4. The van der Waals surface area contributed by atoms with Crippen LogP contribution < -0.4 is 0 Å². The molecule has 7 heteroatoms. The number of halogens is 2. The molecule has 4 aromatic rings. The van der Waals surface area contributed by atoms with Gasteiger partial charge in [0, 0.05) is 37.2 Å². The molecule has 142 valence electrons. The van der Waals surface area contributed by atoms with Crippen LogP contribution in [0.15, 0.2) is 126 Å². The first-order valence-corrected chi connectivity index (χ1v) is 13.3. The van der Waals surface area contributed by atoms with E-state index in [1.54, 1.807) is 37.2 Å². The molecule has 4 rings (SSSR count). The SMILES string of the molecule is [Cl][Ti]([Cl])=[N]c1ccccc1.c1ccncc1.c1ccncc1.c1ccncc1. The molecule has 4 nitrogen and oxygen atoms in total. The Morgan fingerprint density at radius 3 is 1.04 bits per heavy atom. The van der Waals surface area contributed by atoms with Crippen LogP contribution in [0.4, 0.5) is 5.69 Å². The Balaban J connectivity index is 0.000000192. The fourth-order valence-electron chi connectivity index (χ4n) is 1.54. The second-order valence-electron chi connectivity index (χ2n) is 4.76. The molecular weight excluding hydrogens is 427 g/mol. The van der Waals surface area contributed by atoms with Gasteiger partial charge in [0.05, 0.1) is 0 Å². The maximum absolute atomic E-state index is 5.58. The van der Waals surface area contributed by atoms with Crippen LogP contribution in [0.2, 0.25) is 0 Å². The van der Waals surface area contributed by atoms with Gasteiger partial charge in [0.25, 0.3) is 0 Å². The van der Waals surface area contributed by atoms with Crippen LogP contribution in [0.25, 0.3) is 0 Å². The molecule has 0 amide bonds. The van der Waals surface area contributed by atoms with E-state index in [1.807, 2.05) is 84.9 Å². The minimum Gasteiger partial charge on any atom is -0.265 e. The smallest absolute Gasteiger partial charge is 0.0267 e. The second-order valence-corrected chi connectivity index (χ2v) is 9.61. The van der Waals surface area contributed by atoms with E-state index in [0.717, 1.165) is 5.69 Å². The van der Waals surface area contributed by atoms with Gasteiger partial charge in [-0.3, -0.25) is 15.0 Å². The van der Waals surface area contributed by atoms with E-state index in [0.29, 0.717) is 0 Å². The summed E-state index contributed by atoms with van der Waals surface area (Å²) >= 11 is -2.06. The molecule has 28 heavy (non-hydrogen) atoms. The molecule has 0 aliphatic rings. The van der Waals surface area contributed by atoms with E-state index in [1.165, 1.54) is 0 Å². The van der Waals surface area contributed by atoms with Crippen molar-refractivity contribution in [1.29, 1.82) is 0 Å². The summed E-state index contributed by atoms with van der Waals surface area (Å²) in [6, 6.07) is 26.7. The van der Waals surface area contributed by atoms with E-state index < -0.39 is 15.6 Å². The van der Waals surface area contributed by atoms with Crippen molar-refractivity contribution in [2.24, 2.45) is 3.42 Å². The average Bonchev–Trinajstić information content (AvgIpc) is 2.79. The normalized spacial score (nSPS) is 8.36. The zero-order valence-electron chi connectivity index (χ0n) is 15.1. The molecule has 1 aromatic carbocycles.